The summed E-state index contributed by atoms with van der Waals surface area (Å²) in [6.45, 7) is 13.0. The second-order valence-electron chi connectivity index (χ2n) is 13.3. The molecule has 0 spiro atoms. The van der Waals surface area contributed by atoms with E-state index in [9.17, 15) is 5.26 Å². The van der Waals surface area contributed by atoms with Crippen LogP contribution in [0.15, 0.2) is 73.2 Å². The molecule has 1 aliphatic rings. The minimum atomic E-state index is -0.336. The first kappa shape index (κ1) is 32.4. The molecule has 2 atom stereocenters. The molecule has 10 heteroatoms. The molecule has 6 rings (SSSR count). The Hall–Kier alpha value is -4.52. The van der Waals surface area contributed by atoms with Crippen LogP contribution in [0.4, 0.5) is 11.4 Å². The molecular formula is C37H42ClN9. The molecule has 3 aromatic heterocycles. The van der Waals surface area contributed by atoms with Crippen LogP contribution in [0.1, 0.15) is 93.2 Å². The highest BCUT2D eigenvalue weighted by atomic mass is 35.5. The highest BCUT2D eigenvalue weighted by Gasteiger charge is 2.29. The maximum Gasteiger partial charge on any atom is 0.110 e. The third-order valence-corrected chi connectivity index (χ3v) is 9.54. The Morgan fingerprint density at radius 2 is 1.81 bits per heavy atom. The Morgan fingerprint density at radius 3 is 2.49 bits per heavy atom. The average Bonchev–Trinajstić information content (AvgIpc) is 3.57. The molecule has 47 heavy (non-hydrogen) atoms. The second kappa shape index (κ2) is 13.7. The molecule has 0 bridgehead atoms. The van der Waals surface area contributed by atoms with Gasteiger partial charge in [-0.25, -0.2) is 4.68 Å². The van der Waals surface area contributed by atoms with Crippen LogP contribution in [0.25, 0.3) is 10.9 Å². The predicted octanol–water partition coefficient (Wildman–Crippen LogP) is 8.25. The number of aromatic nitrogens is 5. The van der Waals surface area contributed by atoms with Crippen LogP contribution in [0, 0.1) is 18.3 Å². The lowest BCUT2D eigenvalue weighted by molar-refractivity contribution is 0.0866. The van der Waals surface area contributed by atoms with E-state index in [1.165, 1.54) is 0 Å². The monoisotopic (exact) mass is 647 g/mol. The van der Waals surface area contributed by atoms with Crippen LogP contribution in [-0.2, 0) is 0 Å². The SMILES string of the molecule is CCC(Nc1c(C#N)cnc2c(Cl)cc(NC(c3cn(C4CCN(C(C)(C)C)CC4)nn3)c3cccnc3C)cc12)c1ccccc1. The van der Waals surface area contributed by atoms with E-state index in [1.54, 1.807) is 12.4 Å². The number of aryl methyl sites for hydroxylation is 1. The van der Waals surface area contributed by atoms with Gasteiger partial charge in [-0.2, -0.15) is 5.26 Å². The Kier molecular flexibility index (Phi) is 9.44. The zero-order valence-electron chi connectivity index (χ0n) is 27.7. The summed E-state index contributed by atoms with van der Waals surface area (Å²) in [5.41, 5.74) is 6.56. The van der Waals surface area contributed by atoms with Crippen LogP contribution in [0.2, 0.25) is 5.02 Å². The summed E-state index contributed by atoms with van der Waals surface area (Å²) in [7, 11) is 0. The number of nitrogens with zero attached hydrogens (tertiary/aromatic N) is 7. The topological polar surface area (TPSA) is 108 Å². The largest absolute Gasteiger partial charge is 0.377 e. The highest BCUT2D eigenvalue weighted by molar-refractivity contribution is 6.35. The first-order chi connectivity index (χ1) is 22.7. The Bertz CT molecular complexity index is 1880. The van der Waals surface area contributed by atoms with E-state index >= 15 is 0 Å². The van der Waals surface area contributed by atoms with Gasteiger partial charge in [0.25, 0.3) is 0 Å². The molecule has 242 valence electrons. The van der Waals surface area contributed by atoms with E-state index in [4.69, 9.17) is 16.7 Å². The van der Waals surface area contributed by atoms with E-state index in [0.29, 0.717) is 27.8 Å². The number of nitrogens with one attached hydrogen (secondary N) is 2. The van der Waals surface area contributed by atoms with Crippen LogP contribution < -0.4 is 10.6 Å². The van der Waals surface area contributed by atoms with E-state index in [0.717, 1.165) is 65.9 Å². The van der Waals surface area contributed by atoms with Crippen molar-refractivity contribution in [1.29, 1.82) is 5.26 Å². The van der Waals surface area contributed by atoms with Gasteiger partial charge in [0, 0.05) is 53.4 Å². The summed E-state index contributed by atoms with van der Waals surface area (Å²) in [5, 5.41) is 28.0. The van der Waals surface area contributed by atoms with Gasteiger partial charge in [0.1, 0.15) is 11.8 Å². The summed E-state index contributed by atoms with van der Waals surface area (Å²) < 4.78 is 2.03. The van der Waals surface area contributed by atoms with Gasteiger partial charge in [-0.1, -0.05) is 60.1 Å². The molecule has 0 radical (unpaired) electrons. The maximum absolute atomic E-state index is 10.1. The summed E-state index contributed by atoms with van der Waals surface area (Å²) in [6, 6.07) is 20.4. The van der Waals surface area contributed by atoms with Crippen molar-refractivity contribution in [3.8, 4) is 6.07 Å². The third kappa shape index (κ3) is 6.95. The molecule has 1 saturated heterocycles. The van der Waals surface area contributed by atoms with E-state index in [-0.39, 0.29) is 17.6 Å². The van der Waals surface area contributed by atoms with Crippen LogP contribution in [0.5, 0.6) is 0 Å². The van der Waals surface area contributed by atoms with Crippen molar-refractivity contribution in [3.05, 3.63) is 106 Å². The Balaban J connectivity index is 1.36. The molecule has 0 amide bonds. The first-order valence-electron chi connectivity index (χ1n) is 16.3. The molecule has 5 aromatic rings. The second-order valence-corrected chi connectivity index (χ2v) is 13.7. The van der Waals surface area contributed by atoms with Crippen LogP contribution in [0.3, 0.4) is 0 Å². The van der Waals surface area contributed by atoms with E-state index in [2.05, 4.69) is 88.9 Å². The first-order valence-corrected chi connectivity index (χ1v) is 16.7. The number of halogens is 1. The van der Waals surface area contributed by atoms with Crippen LogP contribution in [-0.4, -0.2) is 48.5 Å². The smallest absolute Gasteiger partial charge is 0.110 e. The number of benzene rings is 2. The van der Waals surface area contributed by atoms with Gasteiger partial charge in [0.05, 0.1) is 46.1 Å². The number of rotatable bonds is 9. The number of pyridine rings is 2. The quantitative estimate of drug-likeness (QED) is 0.165. The molecule has 2 aromatic carbocycles. The van der Waals surface area contributed by atoms with Gasteiger partial charge < -0.3 is 10.6 Å². The molecule has 0 aliphatic carbocycles. The molecular weight excluding hydrogens is 606 g/mol. The molecule has 2 N–H and O–H groups in total. The predicted molar refractivity (Wildman–Crippen MR) is 189 cm³/mol. The minimum Gasteiger partial charge on any atom is -0.377 e. The van der Waals surface area contributed by atoms with E-state index in [1.807, 2.05) is 48.0 Å². The summed E-state index contributed by atoms with van der Waals surface area (Å²) in [5.74, 6) is 0. The average molecular weight is 648 g/mol. The van der Waals surface area contributed by atoms with Crippen molar-refractivity contribution in [2.75, 3.05) is 23.7 Å². The molecule has 1 fully saturated rings. The Morgan fingerprint density at radius 1 is 1.04 bits per heavy atom. The fourth-order valence-corrected chi connectivity index (χ4v) is 6.81. The zero-order chi connectivity index (χ0) is 33.1. The van der Waals surface area contributed by atoms with Crippen molar-refractivity contribution < 1.29 is 0 Å². The molecule has 4 heterocycles. The van der Waals surface area contributed by atoms with Crippen molar-refractivity contribution in [2.45, 2.75) is 77.5 Å². The third-order valence-electron chi connectivity index (χ3n) is 9.25. The van der Waals surface area contributed by atoms with Gasteiger partial charge in [-0.05, 0) is 70.7 Å². The van der Waals surface area contributed by atoms with Gasteiger partial charge in [-0.3, -0.25) is 14.9 Å². The maximum atomic E-state index is 10.1. The van der Waals surface area contributed by atoms with Crippen molar-refractivity contribution in [3.63, 3.8) is 0 Å². The highest BCUT2D eigenvalue weighted by Crippen LogP contribution is 2.38. The van der Waals surface area contributed by atoms with Gasteiger partial charge in [0.15, 0.2) is 0 Å². The lowest BCUT2D eigenvalue weighted by Crippen LogP contribution is -2.46. The van der Waals surface area contributed by atoms with Gasteiger partial charge >= 0.3 is 0 Å². The van der Waals surface area contributed by atoms with Crippen molar-refractivity contribution in [1.82, 2.24) is 29.9 Å². The summed E-state index contributed by atoms with van der Waals surface area (Å²) >= 11 is 6.91. The molecule has 0 saturated carbocycles. The summed E-state index contributed by atoms with van der Waals surface area (Å²) in [6.07, 6.45) is 8.34. The number of anilines is 2. The lowest BCUT2D eigenvalue weighted by atomic mass is 9.98. The number of likely N-dealkylation sites (tertiary alicyclic amines) is 1. The number of piperidine rings is 1. The number of nitriles is 1. The molecule has 9 nitrogen and oxygen atoms in total. The number of hydrogen-bond acceptors (Lipinski definition) is 8. The molecule has 2 unspecified atom stereocenters. The molecule has 1 aliphatic heterocycles. The van der Waals surface area contributed by atoms with Gasteiger partial charge in [-0.15, -0.1) is 5.10 Å². The Labute approximate surface area is 282 Å². The van der Waals surface area contributed by atoms with E-state index < -0.39 is 0 Å². The summed E-state index contributed by atoms with van der Waals surface area (Å²) in [4.78, 5) is 11.7. The zero-order valence-corrected chi connectivity index (χ0v) is 28.5. The van der Waals surface area contributed by atoms with Crippen LogP contribution >= 0.6 is 11.6 Å². The fourth-order valence-electron chi connectivity index (χ4n) is 6.55. The number of hydrogen-bond donors (Lipinski definition) is 2. The minimum absolute atomic E-state index is 0.000357. The standard InChI is InChI=1S/C37H42ClN9/c1-6-32(25-11-8-7-9-12-25)43-34-26(21-39)22-41-35-30(34)19-27(20-31(35)38)42-36(29-13-10-16-40-24(29)2)33-23-47(45-44-33)28-14-17-46(18-15-28)37(3,4)5/h7-13,16,19-20,22-23,28,32,36,42H,6,14-15,17-18H2,1-5H3,(H,41,43). The lowest BCUT2D eigenvalue weighted by Gasteiger charge is -2.40. The fraction of sp³-hybridized carbons (Fsp3) is 0.378. The van der Waals surface area contributed by atoms with Gasteiger partial charge in [0.2, 0.25) is 0 Å². The number of fused-ring (bicyclic) bond motifs is 1. The van der Waals surface area contributed by atoms with Crippen molar-refractivity contribution in [2.24, 2.45) is 0 Å². The normalized spacial score (nSPS) is 15.7. The van der Waals surface area contributed by atoms with Crippen molar-refractivity contribution >= 4 is 33.9 Å².